The van der Waals surface area contributed by atoms with Crippen molar-refractivity contribution in [3.63, 3.8) is 0 Å². The number of halogens is 1. The smallest absolute Gasteiger partial charge is 0.00775 e. The highest BCUT2D eigenvalue weighted by Gasteiger charge is 1.62. The van der Waals surface area contributed by atoms with Crippen LogP contribution >= 0.6 is 12.4 Å². The van der Waals surface area contributed by atoms with Gasteiger partial charge in [-0.05, 0) is 13.1 Å². The molecule has 0 spiro atoms. The molecule has 0 aliphatic carbocycles. The van der Waals surface area contributed by atoms with Gasteiger partial charge in [0.1, 0.15) is 0 Å². The number of rotatable bonds is 2. The lowest BCUT2D eigenvalue weighted by molar-refractivity contribution is 0.762. The van der Waals surface area contributed by atoms with Crippen LogP contribution in [0.2, 0.25) is 0 Å². The van der Waals surface area contributed by atoms with E-state index < -0.39 is 0 Å². The molecule has 0 aromatic heterocycles. The summed E-state index contributed by atoms with van der Waals surface area (Å²) >= 11 is 0. The quantitative estimate of drug-likeness (QED) is 0.751. The number of hydrogen-bond acceptors (Lipinski definition) is 1. The molecule has 0 aliphatic heterocycles. The molecule has 0 unspecified atom stereocenters. The zero-order valence-electron chi connectivity index (χ0n) is 7.79. The third-order valence-corrected chi connectivity index (χ3v) is 1.17. The van der Waals surface area contributed by atoms with E-state index in [-0.39, 0.29) is 12.4 Å². The van der Waals surface area contributed by atoms with Crippen molar-refractivity contribution in [2.45, 2.75) is 13.8 Å². The van der Waals surface area contributed by atoms with Crippen LogP contribution in [0.5, 0.6) is 0 Å². The molecule has 0 radical (unpaired) electrons. The number of benzene rings is 1. The lowest BCUT2D eigenvalue weighted by Gasteiger charge is -1.86. The average Bonchev–Trinajstić information content (AvgIpc) is 2.10. The Morgan fingerprint density at radius 2 is 1.00 bits per heavy atom. The maximum absolute atomic E-state index is 3.11. The zero-order chi connectivity index (χ0) is 8.36. The van der Waals surface area contributed by atoms with Gasteiger partial charge in [-0.2, -0.15) is 0 Å². The van der Waals surface area contributed by atoms with Gasteiger partial charge in [0.2, 0.25) is 0 Å². The molecule has 1 rings (SSSR count). The summed E-state index contributed by atoms with van der Waals surface area (Å²) in [4.78, 5) is 0. The van der Waals surface area contributed by atoms with E-state index in [1.807, 2.05) is 36.4 Å². The second-order valence-electron chi connectivity index (χ2n) is 2.11. The summed E-state index contributed by atoms with van der Waals surface area (Å²) < 4.78 is 0. The Balaban J connectivity index is 0. The summed E-state index contributed by atoms with van der Waals surface area (Å²) in [6.07, 6.45) is 0. The van der Waals surface area contributed by atoms with Crippen molar-refractivity contribution in [3.05, 3.63) is 36.4 Å². The highest BCUT2D eigenvalue weighted by molar-refractivity contribution is 5.85. The molecular weight excluding hydrogens is 170 g/mol. The Kier molecular flexibility index (Phi) is 15.3. The molecular formula is C10H18ClN. The highest BCUT2D eigenvalue weighted by atomic mass is 35.5. The van der Waals surface area contributed by atoms with E-state index in [1.54, 1.807) is 0 Å². The topological polar surface area (TPSA) is 12.0 Å². The van der Waals surface area contributed by atoms with Gasteiger partial charge in [-0.25, -0.2) is 0 Å². The Hall–Kier alpha value is -0.530. The molecule has 0 aliphatic rings. The molecule has 0 saturated heterocycles. The normalized spacial score (nSPS) is 7.50. The van der Waals surface area contributed by atoms with Crippen LogP contribution in [0.1, 0.15) is 13.8 Å². The fourth-order valence-corrected chi connectivity index (χ4v) is 0.635. The zero-order valence-corrected chi connectivity index (χ0v) is 8.60. The Bertz CT molecular complexity index is 113. The molecule has 2 heteroatoms. The molecule has 0 amide bonds. The van der Waals surface area contributed by atoms with Crippen LogP contribution in [-0.4, -0.2) is 13.1 Å². The lowest BCUT2D eigenvalue weighted by Crippen LogP contribution is -2.09. The summed E-state index contributed by atoms with van der Waals surface area (Å²) in [6.45, 7) is 6.39. The second-order valence-corrected chi connectivity index (χ2v) is 2.11. The van der Waals surface area contributed by atoms with Crippen molar-refractivity contribution in [1.29, 1.82) is 0 Å². The van der Waals surface area contributed by atoms with Crippen LogP contribution in [0.4, 0.5) is 0 Å². The fraction of sp³-hybridized carbons (Fsp3) is 0.400. The van der Waals surface area contributed by atoms with Crippen LogP contribution in [-0.2, 0) is 0 Å². The first-order valence-electron chi connectivity index (χ1n) is 4.12. The Labute approximate surface area is 81.6 Å². The van der Waals surface area contributed by atoms with Crippen molar-refractivity contribution in [3.8, 4) is 0 Å². The standard InChI is InChI=1S/C6H6.C4H11N.ClH/c1-2-4-6-5-3-1;1-3-5-4-2;/h1-6H;5H,3-4H2,1-2H3;1H. The summed E-state index contributed by atoms with van der Waals surface area (Å²) in [5.41, 5.74) is 0. The summed E-state index contributed by atoms with van der Waals surface area (Å²) in [7, 11) is 0. The van der Waals surface area contributed by atoms with Gasteiger partial charge in [0.25, 0.3) is 0 Å². The summed E-state index contributed by atoms with van der Waals surface area (Å²) in [5, 5.41) is 3.11. The minimum atomic E-state index is 0. The molecule has 0 atom stereocenters. The van der Waals surface area contributed by atoms with Crippen LogP contribution in [0, 0.1) is 0 Å². The summed E-state index contributed by atoms with van der Waals surface area (Å²) in [5.74, 6) is 0. The maximum Gasteiger partial charge on any atom is -0.00775 e. The minimum Gasteiger partial charge on any atom is -0.317 e. The second kappa shape index (κ2) is 13.1. The fourth-order valence-electron chi connectivity index (χ4n) is 0.635. The van der Waals surface area contributed by atoms with E-state index in [4.69, 9.17) is 0 Å². The predicted octanol–water partition coefficient (Wildman–Crippen LogP) is 2.72. The largest absolute Gasteiger partial charge is 0.317 e. The van der Waals surface area contributed by atoms with Crippen molar-refractivity contribution >= 4 is 12.4 Å². The predicted molar refractivity (Wildman–Crippen MR) is 57.9 cm³/mol. The molecule has 0 bridgehead atoms. The Morgan fingerprint density at radius 3 is 1.08 bits per heavy atom. The monoisotopic (exact) mass is 187 g/mol. The lowest BCUT2D eigenvalue weighted by atomic mass is 10.4. The van der Waals surface area contributed by atoms with Gasteiger partial charge in [-0.3, -0.25) is 0 Å². The SMILES string of the molecule is CCNCC.Cl.c1ccccc1. The molecule has 1 aromatic rings. The van der Waals surface area contributed by atoms with E-state index in [2.05, 4.69) is 19.2 Å². The first-order chi connectivity index (χ1) is 5.41. The van der Waals surface area contributed by atoms with Crippen LogP contribution in [0.25, 0.3) is 0 Å². The Morgan fingerprint density at radius 1 is 0.750 bits per heavy atom. The molecule has 0 fully saturated rings. The van der Waals surface area contributed by atoms with Crippen molar-refractivity contribution in [1.82, 2.24) is 5.32 Å². The minimum absolute atomic E-state index is 0. The first-order valence-corrected chi connectivity index (χ1v) is 4.12. The summed E-state index contributed by atoms with van der Waals surface area (Å²) in [6, 6.07) is 12.0. The van der Waals surface area contributed by atoms with Crippen molar-refractivity contribution in [2.24, 2.45) is 0 Å². The third-order valence-electron chi connectivity index (χ3n) is 1.17. The van der Waals surface area contributed by atoms with E-state index >= 15 is 0 Å². The molecule has 0 heterocycles. The molecule has 1 aromatic carbocycles. The van der Waals surface area contributed by atoms with Gasteiger partial charge >= 0.3 is 0 Å². The molecule has 0 saturated carbocycles. The molecule has 1 nitrogen and oxygen atoms in total. The maximum atomic E-state index is 3.11. The van der Waals surface area contributed by atoms with Gasteiger partial charge in [-0.15, -0.1) is 12.4 Å². The molecule has 70 valence electrons. The van der Waals surface area contributed by atoms with Gasteiger partial charge in [-0.1, -0.05) is 50.2 Å². The first kappa shape index (κ1) is 14.0. The van der Waals surface area contributed by atoms with E-state index in [0.717, 1.165) is 13.1 Å². The van der Waals surface area contributed by atoms with E-state index in [1.165, 1.54) is 0 Å². The van der Waals surface area contributed by atoms with Crippen LogP contribution in [0.15, 0.2) is 36.4 Å². The average molecular weight is 188 g/mol. The molecule has 12 heavy (non-hydrogen) atoms. The van der Waals surface area contributed by atoms with Crippen LogP contribution < -0.4 is 5.32 Å². The van der Waals surface area contributed by atoms with Gasteiger partial charge in [0.15, 0.2) is 0 Å². The van der Waals surface area contributed by atoms with Crippen LogP contribution in [0.3, 0.4) is 0 Å². The third kappa shape index (κ3) is 12.2. The van der Waals surface area contributed by atoms with Gasteiger partial charge < -0.3 is 5.32 Å². The van der Waals surface area contributed by atoms with Gasteiger partial charge in [0.05, 0.1) is 0 Å². The van der Waals surface area contributed by atoms with E-state index in [9.17, 15) is 0 Å². The van der Waals surface area contributed by atoms with Gasteiger partial charge in [0, 0.05) is 0 Å². The number of hydrogen-bond donors (Lipinski definition) is 1. The van der Waals surface area contributed by atoms with E-state index in [0.29, 0.717) is 0 Å². The highest BCUT2D eigenvalue weighted by Crippen LogP contribution is 1.79. The molecule has 1 N–H and O–H groups in total. The van der Waals surface area contributed by atoms with Crippen molar-refractivity contribution in [2.75, 3.05) is 13.1 Å². The number of nitrogens with one attached hydrogen (secondary N) is 1. The van der Waals surface area contributed by atoms with Crippen molar-refractivity contribution < 1.29 is 0 Å².